The third-order valence-corrected chi connectivity index (χ3v) is 4.06. The summed E-state index contributed by atoms with van der Waals surface area (Å²) in [5.41, 5.74) is 0.518. The molecular weight excluding hydrogens is 405 g/mol. The molecule has 9 heteroatoms. The number of amides is 1. The molecule has 1 amide bonds. The second-order valence-corrected chi connectivity index (χ2v) is 6.15. The predicted octanol–water partition coefficient (Wildman–Crippen LogP) is 4.22. The number of benzene rings is 2. The van der Waals surface area contributed by atoms with E-state index in [4.69, 9.17) is 49.0 Å². The van der Waals surface area contributed by atoms with Gasteiger partial charge in [-0.3, -0.25) is 4.79 Å². The number of anilines is 1. The first kappa shape index (κ1) is 20.2. The van der Waals surface area contributed by atoms with Crippen LogP contribution in [0.25, 0.3) is 0 Å². The van der Waals surface area contributed by atoms with Gasteiger partial charge in [-0.15, -0.1) is 0 Å². The summed E-state index contributed by atoms with van der Waals surface area (Å²) in [5.74, 6) is -0.474. The third-order valence-electron chi connectivity index (χ3n) is 3.04. The van der Waals surface area contributed by atoms with Gasteiger partial charge in [0.25, 0.3) is 5.91 Å². The van der Waals surface area contributed by atoms with Crippen molar-refractivity contribution in [2.75, 3.05) is 25.6 Å². The molecule has 0 saturated heterocycles. The topological polar surface area (TPSA) is 73.9 Å². The van der Waals surface area contributed by atoms with E-state index in [0.29, 0.717) is 11.4 Å². The van der Waals surface area contributed by atoms with E-state index in [1.54, 1.807) is 24.3 Å². The largest absolute Gasteiger partial charge is 0.497 e. The Morgan fingerprint density at radius 3 is 2.46 bits per heavy atom. The predicted molar refractivity (Wildman–Crippen MR) is 99.5 cm³/mol. The van der Waals surface area contributed by atoms with Crippen LogP contribution in [-0.4, -0.2) is 32.2 Å². The molecule has 2 aromatic carbocycles. The maximum absolute atomic E-state index is 11.8. The molecular formula is C17H14Cl3NO5. The van der Waals surface area contributed by atoms with Crippen molar-refractivity contribution in [2.24, 2.45) is 0 Å². The minimum Gasteiger partial charge on any atom is -0.497 e. The number of esters is 1. The molecule has 0 aliphatic heterocycles. The van der Waals surface area contributed by atoms with E-state index in [1.807, 2.05) is 0 Å². The van der Waals surface area contributed by atoms with Crippen molar-refractivity contribution in [3.63, 3.8) is 0 Å². The fraction of sp³-hybridized carbons (Fsp3) is 0.176. The molecule has 0 bridgehead atoms. The summed E-state index contributed by atoms with van der Waals surface area (Å²) in [6.07, 6.45) is 0. The van der Waals surface area contributed by atoms with E-state index in [2.05, 4.69) is 5.32 Å². The Bertz CT molecular complexity index is 813. The molecule has 2 rings (SSSR count). The third kappa shape index (κ3) is 5.98. The van der Waals surface area contributed by atoms with Gasteiger partial charge in [0.15, 0.2) is 13.2 Å². The lowest BCUT2D eigenvalue weighted by molar-refractivity contribution is -0.149. The summed E-state index contributed by atoms with van der Waals surface area (Å²) in [6.45, 7) is -0.904. The van der Waals surface area contributed by atoms with Gasteiger partial charge in [0.05, 0.1) is 22.2 Å². The number of ether oxygens (including phenoxy) is 3. The Kier molecular flexibility index (Phi) is 7.38. The maximum atomic E-state index is 11.8. The molecule has 0 spiro atoms. The molecule has 0 aliphatic rings. The van der Waals surface area contributed by atoms with Crippen LogP contribution >= 0.6 is 34.8 Å². The highest BCUT2D eigenvalue weighted by atomic mass is 35.5. The van der Waals surface area contributed by atoms with Crippen LogP contribution < -0.4 is 14.8 Å². The van der Waals surface area contributed by atoms with Crippen molar-refractivity contribution in [1.82, 2.24) is 0 Å². The van der Waals surface area contributed by atoms with Gasteiger partial charge in [-0.25, -0.2) is 4.79 Å². The second kappa shape index (κ2) is 9.52. The minimum absolute atomic E-state index is 0.179. The molecule has 6 nitrogen and oxygen atoms in total. The van der Waals surface area contributed by atoms with Crippen molar-refractivity contribution < 1.29 is 23.8 Å². The van der Waals surface area contributed by atoms with Crippen molar-refractivity contribution in [2.45, 2.75) is 0 Å². The number of rotatable bonds is 7. The van der Waals surface area contributed by atoms with Crippen molar-refractivity contribution >= 4 is 52.4 Å². The van der Waals surface area contributed by atoms with E-state index in [9.17, 15) is 9.59 Å². The molecule has 0 unspecified atom stereocenters. The van der Waals surface area contributed by atoms with Gasteiger partial charge >= 0.3 is 5.97 Å². The molecule has 26 heavy (non-hydrogen) atoms. The molecule has 0 aliphatic carbocycles. The smallest absolute Gasteiger partial charge is 0.344 e. The lowest BCUT2D eigenvalue weighted by Crippen LogP contribution is -2.23. The Balaban J connectivity index is 1.79. The summed E-state index contributed by atoms with van der Waals surface area (Å²) < 4.78 is 15.1. The van der Waals surface area contributed by atoms with Gasteiger partial charge in [-0.1, -0.05) is 40.9 Å². The average Bonchev–Trinajstić information content (AvgIpc) is 2.62. The summed E-state index contributed by atoms with van der Waals surface area (Å²) in [6, 6.07) is 9.55. The normalized spacial score (nSPS) is 10.2. The zero-order valence-corrected chi connectivity index (χ0v) is 15.8. The van der Waals surface area contributed by atoms with Crippen LogP contribution in [-0.2, 0) is 14.3 Å². The highest BCUT2D eigenvalue weighted by molar-refractivity contribution is 6.43. The molecule has 138 valence electrons. The zero-order chi connectivity index (χ0) is 19.1. The molecule has 2 aromatic rings. The molecule has 1 N–H and O–H groups in total. The van der Waals surface area contributed by atoms with Crippen molar-refractivity contribution in [1.29, 1.82) is 0 Å². The summed E-state index contributed by atoms with van der Waals surface area (Å²) in [5, 5.41) is 3.27. The van der Waals surface area contributed by atoms with Crippen LogP contribution in [0.2, 0.25) is 15.1 Å². The van der Waals surface area contributed by atoms with E-state index >= 15 is 0 Å². The minimum atomic E-state index is -0.743. The number of hydrogen-bond donors (Lipinski definition) is 1. The molecule has 0 atom stereocenters. The van der Waals surface area contributed by atoms with Gasteiger partial charge in [-0.2, -0.15) is 0 Å². The first-order chi connectivity index (χ1) is 12.4. The van der Waals surface area contributed by atoms with Crippen LogP contribution in [0.5, 0.6) is 11.5 Å². The van der Waals surface area contributed by atoms with Crippen molar-refractivity contribution in [3.05, 3.63) is 51.5 Å². The number of halogens is 3. The van der Waals surface area contributed by atoms with Crippen LogP contribution in [0.1, 0.15) is 0 Å². The second-order valence-electron chi connectivity index (χ2n) is 4.93. The first-order valence-corrected chi connectivity index (χ1v) is 8.39. The standard InChI is InChI=1S/C17H14Cl3NO5/c1-24-11-4-2-3-10(5-11)21-16(22)8-26-17(23)9-25-15-7-13(19)12(18)6-14(15)20/h2-7H,8-9H2,1H3,(H,21,22). The summed E-state index contributed by atoms with van der Waals surface area (Å²) in [4.78, 5) is 23.5. The summed E-state index contributed by atoms with van der Waals surface area (Å²) >= 11 is 17.6. The van der Waals surface area contributed by atoms with Gasteiger partial charge in [0.2, 0.25) is 0 Å². The fourth-order valence-corrected chi connectivity index (χ4v) is 2.43. The highest BCUT2D eigenvalue weighted by Gasteiger charge is 2.12. The number of carbonyl (C=O) groups is 2. The maximum Gasteiger partial charge on any atom is 0.344 e. The van der Waals surface area contributed by atoms with Crippen LogP contribution in [0.3, 0.4) is 0 Å². The monoisotopic (exact) mass is 417 g/mol. The van der Waals surface area contributed by atoms with E-state index in [1.165, 1.54) is 19.2 Å². The van der Waals surface area contributed by atoms with E-state index < -0.39 is 25.1 Å². The molecule has 0 heterocycles. The summed E-state index contributed by atoms with van der Waals surface area (Å²) in [7, 11) is 1.52. The average molecular weight is 419 g/mol. The van der Waals surface area contributed by atoms with Crippen LogP contribution in [0.15, 0.2) is 36.4 Å². The Morgan fingerprint density at radius 1 is 1.00 bits per heavy atom. The van der Waals surface area contributed by atoms with E-state index in [-0.39, 0.29) is 20.8 Å². The Hall–Kier alpha value is -2.15. The van der Waals surface area contributed by atoms with Gasteiger partial charge < -0.3 is 19.5 Å². The molecule has 0 saturated carbocycles. The quantitative estimate of drug-likeness (QED) is 0.538. The highest BCUT2D eigenvalue weighted by Crippen LogP contribution is 2.33. The first-order valence-electron chi connectivity index (χ1n) is 7.26. The van der Waals surface area contributed by atoms with Gasteiger partial charge in [0.1, 0.15) is 11.5 Å². The molecule has 0 radical (unpaired) electrons. The van der Waals surface area contributed by atoms with Crippen LogP contribution in [0.4, 0.5) is 5.69 Å². The number of carbonyl (C=O) groups excluding carboxylic acids is 2. The lowest BCUT2D eigenvalue weighted by atomic mass is 10.3. The van der Waals surface area contributed by atoms with Gasteiger partial charge in [-0.05, 0) is 18.2 Å². The number of nitrogens with one attached hydrogen (secondary N) is 1. The van der Waals surface area contributed by atoms with Crippen LogP contribution in [0, 0.1) is 0 Å². The van der Waals surface area contributed by atoms with Crippen molar-refractivity contribution in [3.8, 4) is 11.5 Å². The molecule has 0 fully saturated rings. The number of hydrogen-bond acceptors (Lipinski definition) is 5. The SMILES string of the molecule is COc1cccc(NC(=O)COC(=O)COc2cc(Cl)c(Cl)cc2Cl)c1. The van der Waals surface area contributed by atoms with E-state index in [0.717, 1.165) is 0 Å². The Labute approximate surface area is 164 Å². The van der Waals surface area contributed by atoms with Gasteiger partial charge in [0, 0.05) is 17.8 Å². The molecule has 0 aromatic heterocycles. The zero-order valence-electron chi connectivity index (χ0n) is 13.6. The fourth-order valence-electron chi connectivity index (χ4n) is 1.84. The number of methoxy groups -OCH3 is 1. The lowest BCUT2D eigenvalue weighted by Gasteiger charge is -2.10. The Morgan fingerprint density at radius 2 is 1.73 bits per heavy atom.